The van der Waals surface area contributed by atoms with Crippen LogP contribution in [0.1, 0.15) is 26.3 Å². The first-order chi connectivity index (χ1) is 8.81. The third-order valence-electron chi connectivity index (χ3n) is 2.19. The predicted molar refractivity (Wildman–Crippen MR) is 71.4 cm³/mol. The zero-order chi connectivity index (χ0) is 14.5. The number of amides is 1. The molecule has 19 heavy (non-hydrogen) atoms. The smallest absolute Gasteiger partial charge is 0.412 e. The zero-order valence-electron chi connectivity index (χ0n) is 11.3. The van der Waals surface area contributed by atoms with Gasteiger partial charge in [-0.1, -0.05) is 6.07 Å². The van der Waals surface area contributed by atoms with Crippen LogP contribution in [0.25, 0.3) is 4.85 Å². The van der Waals surface area contributed by atoms with Gasteiger partial charge in [-0.2, -0.15) is 0 Å². The molecule has 1 aromatic carbocycles. The fraction of sp³-hybridized carbons (Fsp3) is 0.429. The van der Waals surface area contributed by atoms with E-state index >= 15 is 0 Å². The molecule has 0 aromatic heterocycles. The van der Waals surface area contributed by atoms with Crippen molar-refractivity contribution in [2.24, 2.45) is 0 Å². The van der Waals surface area contributed by atoms with Gasteiger partial charge in [-0.15, -0.1) is 0 Å². The van der Waals surface area contributed by atoms with Gasteiger partial charge in [0, 0.05) is 12.1 Å². The van der Waals surface area contributed by atoms with E-state index in [0.29, 0.717) is 17.7 Å². The maximum atomic E-state index is 13.7. The highest BCUT2D eigenvalue weighted by Crippen LogP contribution is 2.16. The van der Waals surface area contributed by atoms with Gasteiger partial charge >= 0.3 is 6.09 Å². The summed E-state index contributed by atoms with van der Waals surface area (Å²) in [7, 11) is 0. The van der Waals surface area contributed by atoms with Gasteiger partial charge in [-0.25, -0.2) is 15.8 Å². The first kappa shape index (κ1) is 15.0. The molecule has 0 fully saturated rings. The second kappa shape index (κ2) is 6.19. The molecule has 5 heteroatoms. The number of anilines is 1. The van der Waals surface area contributed by atoms with Crippen LogP contribution in [0.2, 0.25) is 0 Å². The van der Waals surface area contributed by atoms with Gasteiger partial charge in [-0.05, 0) is 38.5 Å². The maximum absolute atomic E-state index is 13.7. The van der Waals surface area contributed by atoms with Gasteiger partial charge < -0.3 is 9.58 Å². The number of hydrogen-bond donors (Lipinski definition) is 1. The summed E-state index contributed by atoms with van der Waals surface area (Å²) < 4.78 is 18.7. The topological polar surface area (TPSA) is 42.7 Å². The van der Waals surface area contributed by atoms with Crippen molar-refractivity contribution in [2.45, 2.75) is 32.8 Å². The summed E-state index contributed by atoms with van der Waals surface area (Å²) in [5, 5.41) is 2.46. The number of carbonyl (C=O) groups is 1. The third-order valence-corrected chi connectivity index (χ3v) is 2.19. The zero-order valence-corrected chi connectivity index (χ0v) is 11.3. The summed E-state index contributed by atoms with van der Waals surface area (Å²) in [5.41, 5.74) is 0.196. The minimum absolute atomic E-state index is 0.246. The fourth-order valence-corrected chi connectivity index (χ4v) is 1.43. The van der Waals surface area contributed by atoms with Crippen LogP contribution in [0.4, 0.5) is 14.9 Å². The van der Waals surface area contributed by atoms with E-state index in [2.05, 4.69) is 10.2 Å². The molecule has 0 aliphatic heterocycles. The molecule has 0 unspecified atom stereocenters. The van der Waals surface area contributed by atoms with E-state index in [1.165, 1.54) is 6.07 Å². The van der Waals surface area contributed by atoms with Gasteiger partial charge in [0.25, 0.3) is 0 Å². The van der Waals surface area contributed by atoms with Crippen LogP contribution in [0, 0.1) is 12.4 Å². The Morgan fingerprint density at radius 2 is 2.16 bits per heavy atom. The average Bonchev–Trinajstić information content (AvgIpc) is 2.25. The van der Waals surface area contributed by atoms with Crippen LogP contribution in [0.3, 0.4) is 0 Å². The number of nitrogens with zero attached hydrogens (tertiary/aromatic N) is 1. The van der Waals surface area contributed by atoms with Crippen molar-refractivity contribution in [2.75, 3.05) is 11.9 Å². The Morgan fingerprint density at radius 1 is 1.47 bits per heavy atom. The number of benzene rings is 1. The van der Waals surface area contributed by atoms with Crippen molar-refractivity contribution in [1.29, 1.82) is 0 Å². The quantitative estimate of drug-likeness (QED) is 0.847. The number of carbonyl (C=O) groups excluding carboxylic acids is 1. The van der Waals surface area contributed by atoms with E-state index in [4.69, 9.17) is 11.3 Å². The Balaban J connectivity index is 2.69. The summed E-state index contributed by atoms with van der Waals surface area (Å²) in [5.74, 6) is -0.433. The van der Waals surface area contributed by atoms with Crippen LogP contribution >= 0.6 is 0 Å². The first-order valence-electron chi connectivity index (χ1n) is 5.93. The molecule has 0 aliphatic carbocycles. The largest absolute Gasteiger partial charge is 0.444 e. The number of ether oxygens (including phenoxy) is 1. The second-order valence-corrected chi connectivity index (χ2v) is 5.06. The minimum Gasteiger partial charge on any atom is -0.444 e. The van der Waals surface area contributed by atoms with Crippen molar-refractivity contribution in [3.63, 3.8) is 0 Å². The Hall–Kier alpha value is -2.09. The molecular formula is C14H17FN2O2. The molecule has 0 saturated carbocycles. The molecule has 0 spiro atoms. The van der Waals surface area contributed by atoms with Gasteiger partial charge in [-0.3, -0.25) is 5.32 Å². The average molecular weight is 264 g/mol. The normalized spacial score (nSPS) is 10.7. The highest BCUT2D eigenvalue weighted by atomic mass is 19.1. The van der Waals surface area contributed by atoms with E-state index in [1.54, 1.807) is 32.9 Å². The van der Waals surface area contributed by atoms with Crippen LogP contribution in [0.15, 0.2) is 18.2 Å². The SMILES string of the molecule is [C-]#[N+]CCc1ccc(NC(=O)OC(C)(C)C)cc1F. The molecule has 1 amide bonds. The molecule has 4 nitrogen and oxygen atoms in total. The Kier molecular flexibility index (Phi) is 4.87. The highest BCUT2D eigenvalue weighted by Gasteiger charge is 2.16. The minimum atomic E-state index is -0.624. The van der Waals surface area contributed by atoms with Gasteiger partial charge in [0.15, 0.2) is 0 Å². The third kappa shape index (κ3) is 5.38. The van der Waals surface area contributed by atoms with Crippen LogP contribution in [-0.2, 0) is 11.2 Å². The highest BCUT2D eigenvalue weighted by molar-refractivity contribution is 5.84. The number of nitrogens with one attached hydrogen (secondary N) is 1. The lowest BCUT2D eigenvalue weighted by Crippen LogP contribution is -2.27. The Bertz CT molecular complexity index is 501. The monoisotopic (exact) mass is 264 g/mol. The van der Waals surface area contributed by atoms with Gasteiger partial charge in [0.2, 0.25) is 6.54 Å². The molecule has 0 radical (unpaired) electrons. The summed E-state index contributed by atoms with van der Waals surface area (Å²) >= 11 is 0. The summed E-state index contributed by atoms with van der Waals surface area (Å²) in [6, 6.07) is 4.38. The lowest BCUT2D eigenvalue weighted by atomic mass is 10.1. The molecule has 102 valence electrons. The van der Waals surface area contributed by atoms with Crippen LogP contribution < -0.4 is 5.32 Å². The molecule has 1 rings (SSSR count). The second-order valence-electron chi connectivity index (χ2n) is 5.06. The fourth-order valence-electron chi connectivity index (χ4n) is 1.43. The number of hydrogen-bond acceptors (Lipinski definition) is 2. The predicted octanol–water partition coefficient (Wildman–Crippen LogP) is 3.63. The van der Waals surface area contributed by atoms with Gasteiger partial charge in [0.05, 0.1) is 0 Å². The molecule has 0 bridgehead atoms. The molecule has 0 saturated heterocycles. The maximum Gasteiger partial charge on any atom is 0.412 e. The lowest BCUT2D eigenvalue weighted by molar-refractivity contribution is 0.0636. The number of halogens is 1. The molecule has 1 aromatic rings. The van der Waals surface area contributed by atoms with Crippen molar-refractivity contribution < 1.29 is 13.9 Å². The van der Waals surface area contributed by atoms with Crippen LogP contribution in [-0.4, -0.2) is 18.2 Å². The lowest BCUT2D eigenvalue weighted by Gasteiger charge is -2.19. The molecule has 0 heterocycles. The summed E-state index contributed by atoms with van der Waals surface area (Å²) in [6.45, 7) is 12.2. The van der Waals surface area contributed by atoms with E-state index < -0.39 is 17.5 Å². The summed E-state index contributed by atoms with van der Waals surface area (Å²) in [6.07, 6.45) is -0.261. The number of rotatable bonds is 3. The Labute approximate surface area is 112 Å². The van der Waals surface area contributed by atoms with E-state index in [0.717, 1.165) is 0 Å². The Morgan fingerprint density at radius 3 is 2.68 bits per heavy atom. The van der Waals surface area contributed by atoms with Crippen molar-refractivity contribution in [1.82, 2.24) is 0 Å². The molecule has 0 atom stereocenters. The van der Waals surface area contributed by atoms with Crippen LogP contribution in [0.5, 0.6) is 0 Å². The first-order valence-corrected chi connectivity index (χ1v) is 5.93. The van der Waals surface area contributed by atoms with E-state index in [9.17, 15) is 9.18 Å². The van der Waals surface area contributed by atoms with E-state index in [1.807, 2.05) is 0 Å². The van der Waals surface area contributed by atoms with Crippen molar-refractivity contribution in [3.8, 4) is 0 Å². The van der Waals surface area contributed by atoms with E-state index in [-0.39, 0.29) is 6.54 Å². The van der Waals surface area contributed by atoms with Gasteiger partial charge in [0.1, 0.15) is 11.4 Å². The molecular weight excluding hydrogens is 247 g/mol. The summed E-state index contributed by atoms with van der Waals surface area (Å²) in [4.78, 5) is 14.7. The molecule has 1 N–H and O–H groups in total. The molecule has 0 aliphatic rings. The standard InChI is InChI=1S/C14H17FN2O2/c1-14(2,3)19-13(18)17-11-6-5-10(7-8-16-4)12(15)9-11/h5-6,9H,7-8H2,1-3H3,(H,17,18). The van der Waals surface area contributed by atoms with Crippen molar-refractivity contribution in [3.05, 3.63) is 41.0 Å². The van der Waals surface area contributed by atoms with Crippen molar-refractivity contribution >= 4 is 11.8 Å².